The molecule has 0 radical (unpaired) electrons. The summed E-state index contributed by atoms with van der Waals surface area (Å²) < 4.78 is 21.3. The Morgan fingerprint density at radius 2 is 1.45 bits per heavy atom. The molecule has 1 aromatic carbocycles. The molecule has 0 unspecified atom stereocenters. The second kappa shape index (κ2) is 12.4. The summed E-state index contributed by atoms with van der Waals surface area (Å²) in [4.78, 5) is 29.6. The van der Waals surface area contributed by atoms with Crippen molar-refractivity contribution in [2.75, 3.05) is 67.4 Å². The predicted molar refractivity (Wildman–Crippen MR) is 118 cm³/mol. The molecular weight excluding hydrogens is 400 g/mol. The van der Waals surface area contributed by atoms with E-state index in [1.807, 2.05) is 29.2 Å². The summed E-state index contributed by atoms with van der Waals surface area (Å²) >= 11 is 0. The van der Waals surface area contributed by atoms with Crippen molar-refractivity contribution >= 4 is 17.4 Å². The van der Waals surface area contributed by atoms with E-state index < -0.39 is 0 Å². The number of nitrogens with zero attached hydrogens (tertiary/aromatic N) is 2. The van der Waals surface area contributed by atoms with Crippen molar-refractivity contribution in [2.45, 2.75) is 13.8 Å². The average Bonchev–Trinajstić information content (AvgIpc) is 3.01. The Labute approximate surface area is 184 Å². The van der Waals surface area contributed by atoms with E-state index in [0.29, 0.717) is 55.7 Å². The molecule has 8 heteroatoms. The summed E-state index contributed by atoms with van der Waals surface area (Å²) in [5.74, 6) is 0.479. The molecule has 8 nitrogen and oxygen atoms in total. The maximum absolute atomic E-state index is 13.3. The average molecular weight is 435 g/mol. The standard InChI is InChI=1S/C23H34N2O6/c1-17(2)16-31-19-8-6-18(7-9-19)20-21(24(10-13-28-3)11-14-29-4)23(27)25(22(20)26)12-15-30-5/h6-9,17H,10-16H2,1-5H3. The Kier molecular flexibility index (Phi) is 9.97. The van der Waals surface area contributed by atoms with Crippen molar-refractivity contribution in [3.05, 3.63) is 35.5 Å². The summed E-state index contributed by atoms with van der Waals surface area (Å²) in [5.41, 5.74) is 1.42. The predicted octanol–water partition coefficient (Wildman–Crippen LogP) is 2.04. The van der Waals surface area contributed by atoms with E-state index in [9.17, 15) is 9.59 Å². The lowest BCUT2D eigenvalue weighted by atomic mass is 10.0. The fourth-order valence-corrected chi connectivity index (χ4v) is 3.22. The summed E-state index contributed by atoms with van der Waals surface area (Å²) in [6, 6.07) is 7.29. The Morgan fingerprint density at radius 1 is 0.871 bits per heavy atom. The molecule has 1 aliphatic rings. The van der Waals surface area contributed by atoms with Crippen LogP contribution in [0.4, 0.5) is 0 Å². The molecule has 0 aliphatic carbocycles. The van der Waals surface area contributed by atoms with Gasteiger partial charge in [0.1, 0.15) is 11.4 Å². The van der Waals surface area contributed by atoms with E-state index in [4.69, 9.17) is 18.9 Å². The number of methoxy groups -OCH3 is 3. The van der Waals surface area contributed by atoms with E-state index in [1.165, 1.54) is 4.90 Å². The molecule has 31 heavy (non-hydrogen) atoms. The molecule has 1 aromatic rings. The van der Waals surface area contributed by atoms with Crippen LogP contribution in [0.5, 0.6) is 5.75 Å². The number of carbonyl (C=O) groups is 2. The molecule has 1 heterocycles. The van der Waals surface area contributed by atoms with Crippen molar-refractivity contribution in [3.63, 3.8) is 0 Å². The Morgan fingerprint density at radius 3 is 1.97 bits per heavy atom. The van der Waals surface area contributed by atoms with Gasteiger partial charge in [0.15, 0.2) is 0 Å². The van der Waals surface area contributed by atoms with Crippen LogP contribution in [-0.4, -0.2) is 89.0 Å². The van der Waals surface area contributed by atoms with E-state index in [-0.39, 0.29) is 25.0 Å². The number of hydrogen-bond acceptors (Lipinski definition) is 7. The van der Waals surface area contributed by atoms with Gasteiger partial charge in [-0.05, 0) is 23.6 Å². The first-order valence-corrected chi connectivity index (χ1v) is 10.5. The van der Waals surface area contributed by atoms with Crippen LogP contribution in [0.1, 0.15) is 19.4 Å². The summed E-state index contributed by atoms with van der Waals surface area (Å²) in [6.45, 7) is 7.00. The fourth-order valence-electron chi connectivity index (χ4n) is 3.22. The molecule has 0 fully saturated rings. The molecule has 0 N–H and O–H groups in total. The molecule has 2 rings (SSSR count). The van der Waals surface area contributed by atoms with Gasteiger partial charge in [0, 0.05) is 34.4 Å². The van der Waals surface area contributed by atoms with Crippen LogP contribution in [0.2, 0.25) is 0 Å². The smallest absolute Gasteiger partial charge is 0.277 e. The van der Waals surface area contributed by atoms with Gasteiger partial charge in [-0.3, -0.25) is 14.5 Å². The third-order valence-electron chi connectivity index (χ3n) is 4.84. The molecule has 0 bridgehead atoms. The van der Waals surface area contributed by atoms with Gasteiger partial charge in [-0.25, -0.2) is 0 Å². The summed E-state index contributed by atoms with van der Waals surface area (Å²) in [6.07, 6.45) is 0. The summed E-state index contributed by atoms with van der Waals surface area (Å²) in [5, 5.41) is 0. The number of hydrogen-bond donors (Lipinski definition) is 0. The van der Waals surface area contributed by atoms with Crippen LogP contribution >= 0.6 is 0 Å². The Hall–Kier alpha value is -2.42. The largest absolute Gasteiger partial charge is 0.493 e. The molecular formula is C23H34N2O6. The van der Waals surface area contributed by atoms with Crippen LogP contribution in [0.15, 0.2) is 30.0 Å². The zero-order valence-electron chi connectivity index (χ0n) is 19.2. The second-order valence-corrected chi connectivity index (χ2v) is 7.68. The highest BCUT2D eigenvalue weighted by Gasteiger charge is 2.41. The zero-order valence-corrected chi connectivity index (χ0v) is 19.2. The molecule has 0 atom stereocenters. The van der Waals surface area contributed by atoms with Crippen LogP contribution in [0.3, 0.4) is 0 Å². The lowest BCUT2D eigenvalue weighted by Crippen LogP contribution is -2.39. The monoisotopic (exact) mass is 434 g/mol. The maximum Gasteiger partial charge on any atom is 0.277 e. The lowest BCUT2D eigenvalue weighted by molar-refractivity contribution is -0.138. The van der Waals surface area contributed by atoms with E-state index in [0.717, 1.165) is 5.75 Å². The normalized spacial score (nSPS) is 14.2. The highest BCUT2D eigenvalue weighted by atomic mass is 16.5. The van der Waals surface area contributed by atoms with Crippen LogP contribution in [-0.2, 0) is 23.8 Å². The van der Waals surface area contributed by atoms with Gasteiger partial charge in [-0.1, -0.05) is 26.0 Å². The van der Waals surface area contributed by atoms with Crippen LogP contribution in [0, 0.1) is 5.92 Å². The van der Waals surface area contributed by atoms with Gasteiger partial charge in [0.2, 0.25) is 0 Å². The zero-order chi connectivity index (χ0) is 22.8. The molecule has 2 amide bonds. The van der Waals surface area contributed by atoms with Crippen molar-refractivity contribution in [1.29, 1.82) is 0 Å². The Balaban J connectivity index is 2.43. The molecule has 0 saturated heterocycles. The maximum atomic E-state index is 13.3. The first-order chi connectivity index (χ1) is 14.9. The fraction of sp³-hybridized carbons (Fsp3) is 0.565. The number of imide groups is 1. The molecule has 172 valence electrons. The highest BCUT2D eigenvalue weighted by molar-refractivity contribution is 6.35. The van der Waals surface area contributed by atoms with Crippen molar-refractivity contribution in [3.8, 4) is 5.75 Å². The van der Waals surface area contributed by atoms with Crippen molar-refractivity contribution < 1.29 is 28.5 Å². The second-order valence-electron chi connectivity index (χ2n) is 7.68. The number of carbonyl (C=O) groups excluding carboxylic acids is 2. The van der Waals surface area contributed by atoms with Gasteiger partial charge in [0.05, 0.1) is 38.5 Å². The minimum absolute atomic E-state index is 0.194. The number of amides is 2. The number of benzene rings is 1. The van der Waals surface area contributed by atoms with Crippen LogP contribution in [0.25, 0.3) is 5.57 Å². The molecule has 0 aromatic heterocycles. The molecule has 1 aliphatic heterocycles. The van der Waals surface area contributed by atoms with Crippen LogP contribution < -0.4 is 4.74 Å². The van der Waals surface area contributed by atoms with E-state index in [1.54, 1.807) is 21.3 Å². The topological polar surface area (TPSA) is 77.5 Å². The van der Waals surface area contributed by atoms with E-state index in [2.05, 4.69) is 13.8 Å². The van der Waals surface area contributed by atoms with Crippen molar-refractivity contribution in [1.82, 2.24) is 9.80 Å². The minimum Gasteiger partial charge on any atom is -0.493 e. The Bertz CT molecular complexity index is 752. The third kappa shape index (κ3) is 6.53. The summed E-state index contributed by atoms with van der Waals surface area (Å²) in [7, 11) is 4.75. The van der Waals surface area contributed by atoms with E-state index >= 15 is 0 Å². The highest BCUT2D eigenvalue weighted by Crippen LogP contribution is 2.32. The quantitative estimate of drug-likeness (QED) is 0.415. The van der Waals surface area contributed by atoms with Gasteiger partial charge < -0.3 is 23.8 Å². The first-order valence-electron chi connectivity index (χ1n) is 10.5. The molecule has 0 saturated carbocycles. The van der Waals surface area contributed by atoms with Gasteiger partial charge in [0.25, 0.3) is 11.8 Å². The SMILES string of the molecule is COCCN(CCOC)C1=C(c2ccc(OCC(C)C)cc2)C(=O)N(CCOC)C1=O. The lowest BCUT2D eigenvalue weighted by Gasteiger charge is -2.25. The minimum atomic E-state index is -0.329. The van der Waals surface area contributed by atoms with Gasteiger partial charge in [-0.15, -0.1) is 0 Å². The van der Waals surface area contributed by atoms with Gasteiger partial charge >= 0.3 is 0 Å². The first kappa shape index (κ1) is 24.8. The third-order valence-corrected chi connectivity index (χ3v) is 4.84. The number of ether oxygens (including phenoxy) is 4. The van der Waals surface area contributed by atoms with Crippen molar-refractivity contribution in [2.24, 2.45) is 5.92 Å². The number of rotatable bonds is 14. The molecule has 0 spiro atoms. The van der Waals surface area contributed by atoms with Gasteiger partial charge in [-0.2, -0.15) is 0 Å².